The largest absolute Gasteiger partial charge is 0.385 e. The van der Waals surface area contributed by atoms with Gasteiger partial charge in [-0.2, -0.15) is 0 Å². The molecule has 168 valence electrons. The normalized spacial score (nSPS) is 10.7. The highest BCUT2D eigenvalue weighted by molar-refractivity contribution is 7.09. The molecule has 0 bridgehead atoms. The van der Waals surface area contributed by atoms with E-state index in [9.17, 15) is 9.59 Å². The van der Waals surface area contributed by atoms with Crippen molar-refractivity contribution in [1.29, 1.82) is 0 Å². The Hall–Kier alpha value is -2.67. The van der Waals surface area contributed by atoms with E-state index < -0.39 is 0 Å². The van der Waals surface area contributed by atoms with Gasteiger partial charge in [-0.15, -0.1) is 11.3 Å². The Morgan fingerprint density at radius 3 is 2.47 bits per heavy atom. The van der Waals surface area contributed by atoms with Crippen molar-refractivity contribution in [2.24, 2.45) is 0 Å². The molecule has 0 atom stereocenters. The molecule has 0 aliphatic rings. The number of carbonyl (C=O) groups excluding carboxylic acids is 2. The Balaban J connectivity index is 1.78. The molecule has 0 spiro atoms. The third-order valence-electron chi connectivity index (χ3n) is 4.96. The van der Waals surface area contributed by atoms with Crippen molar-refractivity contribution < 1.29 is 14.3 Å². The van der Waals surface area contributed by atoms with Crippen LogP contribution in [0, 0.1) is 0 Å². The molecule has 0 saturated heterocycles. The van der Waals surface area contributed by atoms with Gasteiger partial charge in [-0.1, -0.05) is 54.1 Å². The fraction of sp³-hybridized carbons (Fsp3) is 0.280. The molecule has 1 aromatic heterocycles. The lowest BCUT2D eigenvalue weighted by Crippen LogP contribution is -2.43. The molecular formula is C25H27ClN2O3S. The molecule has 0 aliphatic heterocycles. The van der Waals surface area contributed by atoms with Crippen LogP contribution in [0.2, 0.25) is 5.02 Å². The number of hydrogen-bond acceptors (Lipinski definition) is 4. The van der Waals surface area contributed by atoms with Gasteiger partial charge in [0.2, 0.25) is 5.91 Å². The van der Waals surface area contributed by atoms with E-state index in [1.807, 2.05) is 47.8 Å². The molecule has 3 aromatic rings. The maximum Gasteiger partial charge on any atom is 0.254 e. The number of ether oxygens (including phenoxy) is 1. The Kier molecular flexibility index (Phi) is 9.28. The first kappa shape index (κ1) is 24.0. The van der Waals surface area contributed by atoms with Crippen LogP contribution in [0.25, 0.3) is 0 Å². The van der Waals surface area contributed by atoms with Gasteiger partial charge in [0.15, 0.2) is 0 Å². The van der Waals surface area contributed by atoms with Crippen molar-refractivity contribution in [3.63, 3.8) is 0 Å². The van der Waals surface area contributed by atoms with Gasteiger partial charge in [-0.25, -0.2) is 0 Å². The van der Waals surface area contributed by atoms with Crippen LogP contribution in [0.5, 0.6) is 0 Å². The molecule has 0 saturated carbocycles. The molecule has 3 rings (SSSR count). The second kappa shape index (κ2) is 12.4. The van der Waals surface area contributed by atoms with Crippen molar-refractivity contribution in [3.8, 4) is 0 Å². The predicted octanol–water partition coefficient (Wildman–Crippen LogP) is 5.11. The summed E-state index contributed by atoms with van der Waals surface area (Å²) < 4.78 is 5.15. The first-order chi connectivity index (χ1) is 15.6. The fourth-order valence-electron chi connectivity index (χ4n) is 3.35. The predicted molar refractivity (Wildman–Crippen MR) is 129 cm³/mol. The summed E-state index contributed by atoms with van der Waals surface area (Å²) in [7, 11) is 1.62. The van der Waals surface area contributed by atoms with Crippen LogP contribution in [-0.4, -0.2) is 48.4 Å². The maximum absolute atomic E-state index is 13.4. The summed E-state index contributed by atoms with van der Waals surface area (Å²) in [6.07, 6.45) is 0.639. The highest BCUT2D eigenvalue weighted by atomic mass is 35.5. The average molecular weight is 471 g/mol. The van der Waals surface area contributed by atoms with Crippen molar-refractivity contribution in [2.45, 2.75) is 19.5 Å². The molecule has 2 aromatic carbocycles. The standard InChI is InChI=1S/C25H27ClN2O3S/c1-31-14-7-13-27(25(30)21-10-5-11-22(26)16-21)19-24(29)28(18-23-12-6-15-32-23)17-20-8-3-2-4-9-20/h2-6,8-12,15-16H,7,13-14,17-19H2,1H3. The van der Waals surface area contributed by atoms with Crippen molar-refractivity contribution in [3.05, 3.63) is 93.1 Å². The number of thiophene rings is 1. The second-order valence-electron chi connectivity index (χ2n) is 7.40. The number of hydrogen-bond donors (Lipinski definition) is 0. The SMILES string of the molecule is COCCCN(CC(=O)N(Cc1ccccc1)Cc1cccs1)C(=O)c1cccc(Cl)c1. The van der Waals surface area contributed by atoms with Gasteiger partial charge in [0.1, 0.15) is 6.54 Å². The Labute approximate surface area is 198 Å². The van der Waals surface area contributed by atoms with E-state index in [-0.39, 0.29) is 18.4 Å². The van der Waals surface area contributed by atoms with Crippen molar-refractivity contribution in [1.82, 2.24) is 9.80 Å². The maximum atomic E-state index is 13.4. The molecule has 5 nitrogen and oxygen atoms in total. The summed E-state index contributed by atoms with van der Waals surface area (Å²) in [6.45, 7) is 1.91. The summed E-state index contributed by atoms with van der Waals surface area (Å²) in [5, 5.41) is 2.49. The highest BCUT2D eigenvalue weighted by Crippen LogP contribution is 2.17. The zero-order chi connectivity index (χ0) is 22.8. The van der Waals surface area contributed by atoms with Crippen LogP contribution < -0.4 is 0 Å². The van der Waals surface area contributed by atoms with E-state index in [0.29, 0.717) is 43.2 Å². The van der Waals surface area contributed by atoms with Crippen molar-refractivity contribution >= 4 is 34.8 Å². The third-order valence-corrected chi connectivity index (χ3v) is 6.05. The lowest BCUT2D eigenvalue weighted by molar-refractivity contribution is -0.133. The quantitative estimate of drug-likeness (QED) is 0.366. The van der Waals surface area contributed by atoms with Gasteiger partial charge in [0.05, 0.1) is 6.54 Å². The molecule has 2 amide bonds. The number of halogens is 1. The van der Waals surface area contributed by atoms with Crippen LogP contribution in [0.1, 0.15) is 27.2 Å². The van der Waals surface area contributed by atoms with E-state index in [1.54, 1.807) is 52.5 Å². The van der Waals surface area contributed by atoms with Gasteiger partial charge in [-0.05, 0) is 41.6 Å². The summed E-state index contributed by atoms with van der Waals surface area (Å²) in [4.78, 5) is 31.1. The monoisotopic (exact) mass is 470 g/mol. The van der Waals surface area contributed by atoms with E-state index >= 15 is 0 Å². The number of carbonyl (C=O) groups is 2. The van der Waals surface area contributed by atoms with Gasteiger partial charge >= 0.3 is 0 Å². The molecule has 7 heteroatoms. The van der Waals surface area contributed by atoms with Gasteiger partial charge < -0.3 is 14.5 Å². The highest BCUT2D eigenvalue weighted by Gasteiger charge is 2.23. The zero-order valence-electron chi connectivity index (χ0n) is 18.1. The number of benzene rings is 2. The molecule has 32 heavy (non-hydrogen) atoms. The lowest BCUT2D eigenvalue weighted by Gasteiger charge is -2.28. The smallest absolute Gasteiger partial charge is 0.254 e. The van der Waals surface area contributed by atoms with Crippen LogP contribution >= 0.6 is 22.9 Å². The molecule has 0 radical (unpaired) electrons. The van der Waals surface area contributed by atoms with Crippen LogP contribution in [0.15, 0.2) is 72.1 Å². The van der Waals surface area contributed by atoms with E-state index in [1.165, 1.54) is 0 Å². The van der Waals surface area contributed by atoms with Gasteiger partial charge in [-0.3, -0.25) is 9.59 Å². The summed E-state index contributed by atoms with van der Waals surface area (Å²) in [5.74, 6) is -0.317. The topological polar surface area (TPSA) is 49.9 Å². The Morgan fingerprint density at radius 2 is 1.78 bits per heavy atom. The summed E-state index contributed by atoms with van der Waals surface area (Å²) in [5.41, 5.74) is 1.51. The average Bonchev–Trinajstić information content (AvgIpc) is 3.31. The molecule has 0 N–H and O–H groups in total. The summed E-state index contributed by atoms with van der Waals surface area (Å²) >= 11 is 7.70. The van der Waals surface area contributed by atoms with Crippen LogP contribution in [0.3, 0.4) is 0 Å². The minimum Gasteiger partial charge on any atom is -0.385 e. The van der Waals surface area contributed by atoms with E-state index in [4.69, 9.17) is 16.3 Å². The minimum atomic E-state index is -0.215. The first-order valence-corrected chi connectivity index (χ1v) is 11.7. The molecule has 0 fully saturated rings. The molecule has 0 unspecified atom stereocenters. The first-order valence-electron chi connectivity index (χ1n) is 10.4. The van der Waals surface area contributed by atoms with Gasteiger partial charge in [0.25, 0.3) is 5.91 Å². The van der Waals surface area contributed by atoms with Gasteiger partial charge in [0, 0.05) is 42.3 Å². The van der Waals surface area contributed by atoms with E-state index in [2.05, 4.69) is 0 Å². The Bertz CT molecular complexity index is 995. The third kappa shape index (κ3) is 7.19. The molecule has 1 heterocycles. The second-order valence-corrected chi connectivity index (χ2v) is 8.87. The lowest BCUT2D eigenvalue weighted by atomic mass is 10.2. The molecule has 0 aliphatic carbocycles. The van der Waals surface area contributed by atoms with E-state index in [0.717, 1.165) is 10.4 Å². The van der Waals surface area contributed by atoms with Crippen LogP contribution in [-0.2, 0) is 22.6 Å². The number of nitrogens with zero attached hydrogens (tertiary/aromatic N) is 2. The Morgan fingerprint density at radius 1 is 0.969 bits per heavy atom. The number of methoxy groups -OCH3 is 1. The van der Waals surface area contributed by atoms with Crippen molar-refractivity contribution in [2.75, 3.05) is 26.8 Å². The minimum absolute atomic E-state index is 0.00668. The number of rotatable bonds is 11. The fourth-order valence-corrected chi connectivity index (χ4v) is 4.26. The van der Waals surface area contributed by atoms with Crippen LogP contribution in [0.4, 0.5) is 0 Å². The number of amides is 2. The zero-order valence-corrected chi connectivity index (χ0v) is 19.6. The molecular weight excluding hydrogens is 444 g/mol. The summed E-state index contributed by atoms with van der Waals surface area (Å²) in [6, 6.07) is 20.7.